The Morgan fingerprint density at radius 2 is 1.36 bits per heavy atom. The van der Waals surface area contributed by atoms with Gasteiger partial charge in [0.1, 0.15) is 18.1 Å². The van der Waals surface area contributed by atoms with Gasteiger partial charge >= 0.3 is 5.97 Å². The summed E-state index contributed by atoms with van der Waals surface area (Å²) < 4.78 is 0. The Labute approximate surface area is 192 Å². The molecule has 0 rings (SSSR count). The smallest absolute Gasteiger partial charge is 0.326 e. The fourth-order valence-electron chi connectivity index (χ4n) is 2.72. The largest absolute Gasteiger partial charge is 0.480 e. The number of hydrogen-bond donors (Lipinski definition) is 8. The number of carbonyl (C=O) groups is 5. The minimum Gasteiger partial charge on any atom is -0.480 e. The Morgan fingerprint density at radius 3 is 1.82 bits per heavy atom. The summed E-state index contributed by atoms with van der Waals surface area (Å²) in [5.74, 6) is -4.59. The van der Waals surface area contributed by atoms with Gasteiger partial charge in [-0.1, -0.05) is 13.8 Å². The van der Waals surface area contributed by atoms with Gasteiger partial charge in [-0.3, -0.25) is 24.2 Å². The van der Waals surface area contributed by atoms with Crippen molar-refractivity contribution in [1.29, 1.82) is 0 Å². The van der Waals surface area contributed by atoms with Gasteiger partial charge in [-0.2, -0.15) is 0 Å². The zero-order chi connectivity index (χ0) is 25.7. The van der Waals surface area contributed by atoms with Crippen molar-refractivity contribution in [2.45, 2.75) is 70.6 Å². The molecule has 4 amide bonds. The number of carbonyl (C=O) groups excluding carboxylic acids is 4. The molecule has 188 valence electrons. The Kier molecular flexibility index (Phi) is 13.1. The highest BCUT2D eigenvalue weighted by Crippen LogP contribution is 2.07. The van der Waals surface area contributed by atoms with Crippen molar-refractivity contribution in [3.05, 3.63) is 0 Å². The summed E-state index contributed by atoms with van der Waals surface area (Å²) in [7, 11) is 0. The zero-order valence-electron chi connectivity index (χ0n) is 19.2. The number of hydrogen-bond acceptors (Lipinski definition) is 7. The van der Waals surface area contributed by atoms with E-state index >= 15 is 0 Å². The summed E-state index contributed by atoms with van der Waals surface area (Å²) in [6.07, 6.45) is -0.0947. The van der Waals surface area contributed by atoms with Crippen LogP contribution in [0.15, 0.2) is 4.99 Å². The topological polar surface area (TPSA) is 258 Å². The minimum atomic E-state index is -1.45. The van der Waals surface area contributed by atoms with E-state index in [1.165, 1.54) is 6.92 Å². The molecule has 0 heterocycles. The van der Waals surface area contributed by atoms with E-state index in [2.05, 4.69) is 20.9 Å². The SMILES string of the molecule is CC(C)CC(NC(=O)C(C)N)C(=O)NC(CC(N)=O)C(=O)NC(CCCN=C(N)N)C(=O)O. The normalized spacial score (nSPS) is 14.3. The molecule has 33 heavy (non-hydrogen) atoms. The molecule has 0 aromatic heterocycles. The molecule has 4 atom stereocenters. The molecule has 14 heteroatoms. The quantitative estimate of drug-likeness (QED) is 0.0678. The van der Waals surface area contributed by atoms with Crippen molar-refractivity contribution in [3.8, 4) is 0 Å². The van der Waals surface area contributed by atoms with Crippen molar-refractivity contribution < 1.29 is 29.1 Å². The second-order valence-electron chi connectivity index (χ2n) is 8.06. The van der Waals surface area contributed by atoms with Crippen LogP contribution in [-0.2, 0) is 24.0 Å². The van der Waals surface area contributed by atoms with Crippen LogP contribution in [0.1, 0.15) is 46.5 Å². The predicted octanol–water partition coefficient (Wildman–Crippen LogP) is -3.15. The summed E-state index contributed by atoms with van der Waals surface area (Å²) >= 11 is 0. The lowest BCUT2D eigenvalue weighted by molar-refractivity contribution is -0.142. The Balaban J connectivity index is 5.39. The minimum absolute atomic E-state index is 0.000782. The van der Waals surface area contributed by atoms with Gasteiger partial charge in [-0.25, -0.2) is 4.79 Å². The third kappa shape index (κ3) is 12.9. The fraction of sp³-hybridized carbons (Fsp3) is 0.684. The first-order valence-electron chi connectivity index (χ1n) is 10.5. The van der Waals surface area contributed by atoms with Gasteiger partial charge in [0.25, 0.3) is 0 Å². The average molecular weight is 473 g/mol. The maximum atomic E-state index is 12.8. The van der Waals surface area contributed by atoms with Crippen LogP contribution in [-0.4, -0.2) is 71.4 Å². The highest BCUT2D eigenvalue weighted by molar-refractivity contribution is 5.96. The molecule has 0 bridgehead atoms. The van der Waals surface area contributed by atoms with Crippen molar-refractivity contribution in [3.63, 3.8) is 0 Å². The average Bonchev–Trinajstić information content (AvgIpc) is 2.67. The number of carboxylic acids is 1. The standard InChI is InChI=1S/C19H36N8O6/c1-9(2)7-12(26-15(29)10(3)20)16(30)27-13(8-14(21)28)17(31)25-11(18(32)33)5-4-6-24-19(22)23/h9-13H,4-8,20H2,1-3H3,(H2,21,28)(H,25,31)(H,26,29)(H,27,30)(H,32,33)(H4,22,23,24). The highest BCUT2D eigenvalue weighted by Gasteiger charge is 2.31. The van der Waals surface area contributed by atoms with E-state index in [1.807, 2.05) is 13.8 Å². The van der Waals surface area contributed by atoms with Gasteiger partial charge in [0.15, 0.2) is 5.96 Å². The highest BCUT2D eigenvalue weighted by atomic mass is 16.4. The Hall–Kier alpha value is -3.42. The van der Waals surface area contributed by atoms with Crippen LogP contribution in [0.25, 0.3) is 0 Å². The number of aliphatic carboxylic acids is 1. The summed E-state index contributed by atoms with van der Waals surface area (Å²) in [5.41, 5.74) is 21.1. The predicted molar refractivity (Wildman–Crippen MR) is 120 cm³/mol. The molecule has 0 saturated heterocycles. The van der Waals surface area contributed by atoms with Crippen LogP contribution in [0.2, 0.25) is 0 Å². The molecule has 14 nitrogen and oxygen atoms in total. The molecule has 0 aliphatic rings. The van der Waals surface area contributed by atoms with Gasteiger partial charge in [0.2, 0.25) is 23.6 Å². The number of nitrogens with zero attached hydrogens (tertiary/aromatic N) is 1. The van der Waals surface area contributed by atoms with Crippen molar-refractivity contribution in [2.75, 3.05) is 6.54 Å². The van der Waals surface area contributed by atoms with Crippen LogP contribution in [0, 0.1) is 5.92 Å². The number of carboxylic acid groups (broad SMARTS) is 1. The monoisotopic (exact) mass is 472 g/mol. The fourth-order valence-corrected chi connectivity index (χ4v) is 2.72. The van der Waals surface area contributed by atoms with E-state index in [4.69, 9.17) is 22.9 Å². The molecule has 0 radical (unpaired) electrons. The van der Waals surface area contributed by atoms with Crippen molar-refractivity contribution in [1.82, 2.24) is 16.0 Å². The molecule has 0 aliphatic carbocycles. The summed E-state index contributed by atoms with van der Waals surface area (Å²) in [5, 5.41) is 16.5. The number of guanidine groups is 1. The number of amides is 4. The van der Waals surface area contributed by atoms with Crippen molar-refractivity contribution >= 4 is 35.6 Å². The lowest BCUT2D eigenvalue weighted by Gasteiger charge is -2.25. The number of primary amides is 1. The lowest BCUT2D eigenvalue weighted by Crippen LogP contribution is -2.57. The van der Waals surface area contributed by atoms with Crippen LogP contribution in [0.5, 0.6) is 0 Å². The molecule has 0 aromatic rings. The molecule has 0 fully saturated rings. The van der Waals surface area contributed by atoms with Crippen LogP contribution < -0.4 is 38.9 Å². The first kappa shape index (κ1) is 29.6. The lowest BCUT2D eigenvalue weighted by atomic mass is 10.0. The molecule has 0 aromatic carbocycles. The second-order valence-corrected chi connectivity index (χ2v) is 8.06. The van der Waals surface area contributed by atoms with Gasteiger partial charge in [-0.15, -0.1) is 0 Å². The molecular weight excluding hydrogens is 436 g/mol. The maximum absolute atomic E-state index is 12.8. The Bertz CT molecular complexity index is 736. The maximum Gasteiger partial charge on any atom is 0.326 e. The van der Waals surface area contributed by atoms with E-state index in [9.17, 15) is 29.1 Å². The molecule has 0 aliphatic heterocycles. The first-order valence-corrected chi connectivity index (χ1v) is 10.5. The number of rotatable bonds is 15. The first-order chi connectivity index (χ1) is 15.2. The Morgan fingerprint density at radius 1 is 0.848 bits per heavy atom. The van der Waals surface area contributed by atoms with E-state index in [-0.39, 0.29) is 37.7 Å². The van der Waals surface area contributed by atoms with Crippen LogP contribution in [0.4, 0.5) is 0 Å². The van der Waals surface area contributed by atoms with Gasteiger partial charge in [0, 0.05) is 6.54 Å². The number of nitrogens with two attached hydrogens (primary N) is 4. The van der Waals surface area contributed by atoms with E-state index < -0.39 is 60.2 Å². The second kappa shape index (κ2) is 14.6. The molecular formula is C19H36N8O6. The number of aliphatic imine (C=N–C) groups is 1. The summed E-state index contributed by atoms with van der Waals surface area (Å²) in [6, 6.07) is -4.66. The molecule has 4 unspecified atom stereocenters. The van der Waals surface area contributed by atoms with Crippen molar-refractivity contribution in [2.24, 2.45) is 33.8 Å². The molecule has 0 saturated carbocycles. The van der Waals surface area contributed by atoms with Crippen LogP contribution in [0.3, 0.4) is 0 Å². The third-order valence-corrected chi connectivity index (χ3v) is 4.35. The van der Waals surface area contributed by atoms with Crippen LogP contribution >= 0.6 is 0 Å². The third-order valence-electron chi connectivity index (χ3n) is 4.35. The molecule has 0 spiro atoms. The summed E-state index contributed by atoms with van der Waals surface area (Å²) in [6.45, 7) is 5.25. The van der Waals surface area contributed by atoms with E-state index in [0.717, 1.165) is 0 Å². The zero-order valence-corrected chi connectivity index (χ0v) is 19.2. The summed E-state index contributed by atoms with van der Waals surface area (Å²) in [4.78, 5) is 64.1. The van der Waals surface area contributed by atoms with Gasteiger partial charge in [0.05, 0.1) is 12.5 Å². The number of nitrogens with one attached hydrogen (secondary N) is 3. The van der Waals surface area contributed by atoms with E-state index in [1.54, 1.807) is 0 Å². The van der Waals surface area contributed by atoms with Gasteiger partial charge in [-0.05, 0) is 32.1 Å². The van der Waals surface area contributed by atoms with Gasteiger partial charge < -0.3 is 44.0 Å². The molecule has 12 N–H and O–H groups in total. The van der Waals surface area contributed by atoms with E-state index in [0.29, 0.717) is 0 Å².